The van der Waals surface area contributed by atoms with Crippen LogP contribution in [0.2, 0.25) is 0 Å². The molecular weight excluding hydrogens is 368 g/mol. The number of ether oxygens (including phenoxy) is 1. The standard InChI is InChI=1S/C21H22N6O2/c1-13-19(16-6-14(8-22)9-25-10-16)26-21(27-20(13)23)15-4-3-5-18(7-15)29-12-17(28)11-24-2/h3-7,9-10,17,24,28H,11-12H2,1-2H3,(H2,23,26,27). The SMILES string of the molecule is CNCC(O)COc1cccc(-c2nc(N)c(C)c(-c3cncc(C#N)c3)n2)c1. The molecule has 0 saturated heterocycles. The summed E-state index contributed by atoms with van der Waals surface area (Å²) in [5.41, 5.74) is 9.32. The first-order valence-electron chi connectivity index (χ1n) is 9.07. The first kappa shape index (κ1) is 20.2. The van der Waals surface area contributed by atoms with Gasteiger partial charge >= 0.3 is 0 Å². The molecule has 0 radical (unpaired) electrons. The lowest BCUT2D eigenvalue weighted by molar-refractivity contribution is 0.108. The normalized spacial score (nSPS) is 11.7. The van der Waals surface area contributed by atoms with E-state index in [0.717, 1.165) is 5.56 Å². The Labute approximate surface area is 169 Å². The van der Waals surface area contributed by atoms with Crippen molar-refractivity contribution in [1.29, 1.82) is 5.26 Å². The van der Waals surface area contributed by atoms with Gasteiger partial charge in [0.15, 0.2) is 5.82 Å². The van der Waals surface area contributed by atoms with E-state index in [4.69, 9.17) is 15.7 Å². The topological polar surface area (TPSA) is 130 Å². The van der Waals surface area contributed by atoms with Crippen LogP contribution in [0, 0.1) is 18.3 Å². The molecule has 3 aromatic rings. The van der Waals surface area contributed by atoms with E-state index >= 15 is 0 Å². The predicted octanol–water partition coefficient (Wildman–Crippen LogP) is 1.93. The Bertz CT molecular complexity index is 1050. The molecule has 8 heteroatoms. The third kappa shape index (κ3) is 4.85. The number of nitrogens with zero attached hydrogens (tertiary/aromatic N) is 4. The molecule has 1 atom stereocenters. The molecule has 0 aliphatic heterocycles. The maximum atomic E-state index is 9.81. The number of nitrogen functional groups attached to an aromatic ring is 1. The summed E-state index contributed by atoms with van der Waals surface area (Å²) in [6.07, 6.45) is 2.52. The lowest BCUT2D eigenvalue weighted by atomic mass is 10.1. The highest BCUT2D eigenvalue weighted by atomic mass is 16.5. The minimum atomic E-state index is -0.610. The number of rotatable bonds is 7. The number of aliphatic hydroxyl groups is 1. The van der Waals surface area contributed by atoms with E-state index < -0.39 is 6.10 Å². The number of nitrogens with one attached hydrogen (secondary N) is 1. The fraction of sp³-hybridized carbons (Fsp3) is 0.238. The molecule has 4 N–H and O–H groups in total. The fourth-order valence-corrected chi connectivity index (χ4v) is 2.79. The van der Waals surface area contributed by atoms with Gasteiger partial charge in [0.25, 0.3) is 0 Å². The molecule has 1 aromatic carbocycles. The van der Waals surface area contributed by atoms with E-state index in [0.29, 0.717) is 46.3 Å². The monoisotopic (exact) mass is 390 g/mol. The quantitative estimate of drug-likeness (QED) is 0.558. The van der Waals surface area contributed by atoms with Gasteiger partial charge in [0.2, 0.25) is 0 Å². The highest BCUT2D eigenvalue weighted by molar-refractivity contribution is 5.71. The first-order chi connectivity index (χ1) is 14.0. The van der Waals surface area contributed by atoms with Crippen LogP contribution in [0.25, 0.3) is 22.6 Å². The number of hydrogen-bond donors (Lipinski definition) is 3. The lowest BCUT2D eigenvalue weighted by Gasteiger charge is -2.13. The Hall–Kier alpha value is -3.54. The zero-order valence-corrected chi connectivity index (χ0v) is 16.3. The van der Waals surface area contributed by atoms with E-state index in [1.165, 1.54) is 6.20 Å². The van der Waals surface area contributed by atoms with Crippen LogP contribution in [-0.4, -0.2) is 46.4 Å². The van der Waals surface area contributed by atoms with Gasteiger partial charge in [0.05, 0.1) is 11.3 Å². The summed E-state index contributed by atoms with van der Waals surface area (Å²) in [4.78, 5) is 13.2. The largest absolute Gasteiger partial charge is 0.491 e. The van der Waals surface area contributed by atoms with Crippen molar-refractivity contribution >= 4 is 5.82 Å². The summed E-state index contributed by atoms with van der Waals surface area (Å²) in [6.45, 7) is 2.44. The lowest BCUT2D eigenvalue weighted by Crippen LogP contribution is -2.29. The molecular formula is C21H22N6O2. The predicted molar refractivity (Wildman–Crippen MR) is 110 cm³/mol. The number of pyridine rings is 1. The molecule has 0 fully saturated rings. The molecule has 0 saturated carbocycles. The van der Waals surface area contributed by atoms with Crippen LogP contribution in [0.15, 0.2) is 42.7 Å². The van der Waals surface area contributed by atoms with Crippen molar-refractivity contribution in [2.75, 3.05) is 25.9 Å². The van der Waals surface area contributed by atoms with Gasteiger partial charge in [-0.05, 0) is 32.2 Å². The van der Waals surface area contributed by atoms with Gasteiger partial charge in [-0.15, -0.1) is 0 Å². The van der Waals surface area contributed by atoms with E-state index in [9.17, 15) is 5.11 Å². The summed E-state index contributed by atoms with van der Waals surface area (Å²) >= 11 is 0. The second kappa shape index (κ2) is 9.10. The number of aliphatic hydroxyl groups excluding tert-OH is 1. The molecule has 29 heavy (non-hydrogen) atoms. The van der Waals surface area contributed by atoms with E-state index in [-0.39, 0.29) is 6.61 Å². The third-order valence-corrected chi connectivity index (χ3v) is 4.30. The Balaban J connectivity index is 1.94. The van der Waals surface area contributed by atoms with Crippen LogP contribution >= 0.6 is 0 Å². The summed E-state index contributed by atoms with van der Waals surface area (Å²) < 4.78 is 5.66. The highest BCUT2D eigenvalue weighted by Crippen LogP contribution is 2.29. The minimum Gasteiger partial charge on any atom is -0.491 e. The van der Waals surface area contributed by atoms with E-state index in [2.05, 4.69) is 26.3 Å². The molecule has 2 heterocycles. The van der Waals surface area contributed by atoms with Gasteiger partial charge in [-0.3, -0.25) is 4.98 Å². The molecule has 0 bridgehead atoms. The maximum absolute atomic E-state index is 9.81. The van der Waals surface area contributed by atoms with Crippen LogP contribution in [0.4, 0.5) is 5.82 Å². The van der Waals surface area contributed by atoms with E-state index in [1.807, 2.05) is 19.1 Å². The number of likely N-dealkylation sites (N-methyl/N-ethyl adjacent to an activating group) is 1. The molecule has 2 aromatic heterocycles. The van der Waals surface area contributed by atoms with Crippen LogP contribution in [-0.2, 0) is 0 Å². The van der Waals surface area contributed by atoms with Crippen LogP contribution in [0.3, 0.4) is 0 Å². The molecule has 8 nitrogen and oxygen atoms in total. The molecule has 1 unspecified atom stereocenters. The van der Waals surface area contributed by atoms with Crippen molar-refractivity contribution in [2.24, 2.45) is 0 Å². The summed E-state index contributed by atoms with van der Waals surface area (Å²) in [5.74, 6) is 1.38. The number of aromatic nitrogens is 3. The molecule has 3 rings (SSSR count). The fourth-order valence-electron chi connectivity index (χ4n) is 2.79. The van der Waals surface area contributed by atoms with Crippen molar-refractivity contribution in [3.8, 4) is 34.5 Å². The smallest absolute Gasteiger partial charge is 0.162 e. The van der Waals surface area contributed by atoms with Gasteiger partial charge in [-0.2, -0.15) is 5.26 Å². The van der Waals surface area contributed by atoms with E-state index in [1.54, 1.807) is 31.4 Å². The van der Waals surface area contributed by atoms with Crippen LogP contribution in [0.1, 0.15) is 11.1 Å². The van der Waals surface area contributed by atoms with Crippen molar-refractivity contribution in [3.05, 3.63) is 53.9 Å². The molecule has 0 amide bonds. The Kier molecular flexibility index (Phi) is 6.34. The second-order valence-electron chi connectivity index (χ2n) is 6.53. The molecule has 0 aliphatic carbocycles. The van der Waals surface area contributed by atoms with Crippen LogP contribution in [0.5, 0.6) is 5.75 Å². The number of anilines is 1. The van der Waals surface area contributed by atoms with Gasteiger partial charge in [0.1, 0.15) is 30.3 Å². The number of hydrogen-bond acceptors (Lipinski definition) is 8. The number of nitrogens with two attached hydrogens (primary N) is 1. The third-order valence-electron chi connectivity index (χ3n) is 4.30. The number of nitriles is 1. The van der Waals surface area contributed by atoms with Gasteiger partial charge < -0.3 is 20.9 Å². The molecule has 0 aliphatic rings. The molecule has 0 spiro atoms. The van der Waals surface area contributed by atoms with Crippen molar-refractivity contribution in [2.45, 2.75) is 13.0 Å². The Morgan fingerprint density at radius 3 is 2.83 bits per heavy atom. The Morgan fingerprint density at radius 1 is 1.24 bits per heavy atom. The zero-order valence-electron chi connectivity index (χ0n) is 16.3. The highest BCUT2D eigenvalue weighted by Gasteiger charge is 2.14. The second-order valence-corrected chi connectivity index (χ2v) is 6.53. The first-order valence-corrected chi connectivity index (χ1v) is 9.07. The number of benzene rings is 1. The summed E-state index contributed by atoms with van der Waals surface area (Å²) in [6, 6.07) is 11.1. The average molecular weight is 390 g/mol. The minimum absolute atomic E-state index is 0.166. The summed E-state index contributed by atoms with van der Waals surface area (Å²) in [5, 5.41) is 21.8. The Morgan fingerprint density at radius 2 is 2.07 bits per heavy atom. The zero-order chi connectivity index (χ0) is 20.8. The van der Waals surface area contributed by atoms with Crippen molar-refractivity contribution in [3.63, 3.8) is 0 Å². The van der Waals surface area contributed by atoms with Gasteiger partial charge in [-0.1, -0.05) is 12.1 Å². The maximum Gasteiger partial charge on any atom is 0.162 e. The average Bonchev–Trinajstić information content (AvgIpc) is 2.74. The van der Waals surface area contributed by atoms with Gasteiger partial charge in [-0.25, -0.2) is 9.97 Å². The van der Waals surface area contributed by atoms with Crippen molar-refractivity contribution < 1.29 is 9.84 Å². The van der Waals surface area contributed by atoms with Crippen LogP contribution < -0.4 is 15.8 Å². The van der Waals surface area contributed by atoms with Gasteiger partial charge in [0, 0.05) is 35.6 Å². The van der Waals surface area contributed by atoms with Crippen molar-refractivity contribution in [1.82, 2.24) is 20.3 Å². The summed E-state index contributed by atoms with van der Waals surface area (Å²) in [7, 11) is 1.77. The molecule has 148 valence electrons.